The molecule has 3 aromatic rings. The summed E-state index contributed by atoms with van der Waals surface area (Å²) in [6.07, 6.45) is 3.69. The Bertz CT molecular complexity index is 1040. The summed E-state index contributed by atoms with van der Waals surface area (Å²) in [5.74, 6) is -0.341. The van der Waals surface area contributed by atoms with E-state index < -0.39 is 0 Å². The molecule has 0 fully saturated rings. The lowest BCUT2D eigenvalue weighted by molar-refractivity contribution is 0.0938. The second-order valence-corrected chi connectivity index (χ2v) is 7.53. The molecule has 1 N–H and O–H groups in total. The van der Waals surface area contributed by atoms with Gasteiger partial charge < -0.3 is 9.88 Å². The van der Waals surface area contributed by atoms with Crippen molar-refractivity contribution in [3.05, 3.63) is 75.6 Å². The number of fused-ring (bicyclic) bond motifs is 1. The van der Waals surface area contributed by atoms with E-state index in [1.807, 2.05) is 74.1 Å². The molecule has 1 amide bonds. The number of nitrogens with zero attached hydrogens (tertiary/aromatic N) is 1. The molecule has 0 aliphatic rings. The number of hydrogen-bond acceptors (Lipinski definition) is 3. The number of amides is 1. The summed E-state index contributed by atoms with van der Waals surface area (Å²) >= 11 is 1.68. The van der Waals surface area contributed by atoms with Crippen LogP contribution in [0.3, 0.4) is 0 Å². The Morgan fingerprint density at radius 3 is 2.52 bits per heavy atom. The van der Waals surface area contributed by atoms with Gasteiger partial charge in [-0.05, 0) is 56.9 Å². The third-order valence-electron chi connectivity index (χ3n) is 4.78. The van der Waals surface area contributed by atoms with Crippen LogP contribution in [0.5, 0.6) is 0 Å². The maximum atomic E-state index is 12.9. The van der Waals surface area contributed by atoms with Crippen LogP contribution in [0.25, 0.3) is 10.9 Å². The predicted molar refractivity (Wildman–Crippen MR) is 113 cm³/mol. The summed E-state index contributed by atoms with van der Waals surface area (Å²) in [6.45, 7) is 6.56. The number of carbonyl (C=O) groups excluding carboxylic acids is 1. The fraction of sp³-hybridized carbons (Fsp3) is 0.273. The van der Waals surface area contributed by atoms with Crippen molar-refractivity contribution in [3.8, 4) is 0 Å². The lowest BCUT2D eigenvalue weighted by Gasteiger charge is -2.16. The molecule has 140 valence electrons. The van der Waals surface area contributed by atoms with Crippen LogP contribution in [0.4, 0.5) is 0 Å². The molecule has 27 heavy (non-hydrogen) atoms. The van der Waals surface area contributed by atoms with Gasteiger partial charge in [-0.2, -0.15) is 0 Å². The fourth-order valence-electron chi connectivity index (χ4n) is 3.18. The van der Waals surface area contributed by atoms with Crippen LogP contribution < -0.4 is 10.7 Å². The normalized spacial score (nSPS) is 12.1. The SMILES string of the molecule is CCn1cc(C(=O)N[C@@H](C)c2ccc(SC)cc2)c(=O)c2cc(C)ccc21. The molecule has 1 heterocycles. The van der Waals surface area contributed by atoms with E-state index in [2.05, 4.69) is 5.32 Å². The van der Waals surface area contributed by atoms with Crippen molar-refractivity contribution < 1.29 is 4.79 Å². The zero-order valence-electron chi connectivity index (χ0n) is 16.1. The number of carbonyl (C=O) groups is 1. The first-order valence-corrected chi connectivity index (χ1v) is 10.3. The molecule has 0 bridgehead atoms. The monoisotopic (exact) mass is 380 g/mol. The van der Waals surface area contributed by atoms with Crippen molar-refractivity contribution in [1.82, 2.24) is 9.88 Å². The second-order valence-electron chi connectivity index (χ2n) is 6.65. The molecule has 2 aromatic carbocycles. The van der Waals surface area contributed by atoms with Crippen LogP contribution in [-0.4, -0.2) is 16.7 Å². The Hall–Kier alpha value is -2.53. The molecule has 0 saturated heterocycles. The number of benzene rings is 2. The van der Waals surface area contributed by atoms with Gasteiger partial charge in [0.2, 0.25) is 5.43 Å². The van der Waals surface area contributed by atoms with E-state index >= 15 is 0 Å². The molecule has 0 aliphatic carbocycles. The van der Waals surface area contributed by atoms with E-state index in [1.165, 1.54) is 4.90 Å². The number of thioether (sulfide) groups is 1. The number of nitrogens with one attached hydrogen (secondary N) is 1. The molecular weight excluding hydrogens is 356 g/mol. The fourth-order valence-corrected chi connectivity index (χ4v) is 3.59. The molecule has 1 atom stereocenters. The average molecular weight is 381 g/mol. The van der Waals surface area contributed by atoms with E-state index in [-0.39, 0.29) is 22.9 Å². The standard InChI is InChI=1S/C22H24N2O2S/c1-5-24-13-19(21(25)18-12-14(2)6-11-20(18)24)22(26)23-15(3)16-7-9-17(27-4)10-8-16/h6-13,15H,5H2,1-4H3,(H,23,26)/t15-/m0/s1. The first-order valence-electron chi connectivity index (χ1n) is 9.03. The third kappa shape index (κ3) is 3.93. The topological polar surface area (TPSA) is 51.1 Å². The van der Waals surface area contributed by atoms with Crippen molar-refractivity contribution in [3.63, 3.8) is 0 Å². The van der Waals surface area contributed by atoms with E-state index in [4.69, 9.17) is 0 Å². The zero-order chi connectivity index (χ0) is 19.6. The highest BCUT2D eigenvalue weighted by Crippen LogP contribution is 2.19. The first kappa shape index (κ1) is 19.2. The van der Waals surface area contributed by atoms with Crippen LogP contribution in [0.2, 0.25) is 0 Å². The highest BCUT2D eigenvalue weighted by atomic mass is 32.2. The molecule has 0 radical (unpaired) electrons. The summed E-state index contributed by atoms with van der Waals surface area (Å²) in [5, 5.41) is 3.55. The van der Waals surface area contributed by atoms with Gasteiger partial charge in [0.05, 0.1) is 11.6 Å². The van der Waals surface area contributed by atoms with Crippen molar-refractivity contribution in [2.24, 2.45) is 0 Å². The summed E-state index contributed by atoms with van der Waals surface area (Å²) in [5.41, 5.74) is 2.82. The van der Waals surface area contributed by atoms with E-state index in [9.17, 15) is 9.59 Å². The number of aryl methyl sites for hydroxylation is 2. The van der Waals surface area contributed by atoms with E-state index in [0.29, 0.717) is 11.9 Å². The predicted octanol–water partition coefficient (Wildman–Crippen LogP) is 4.54. The van der Waals surface area contributed by atoms with Gasteiger partial charge >= 0.3 is 0 Å². The van der Waals surface area contributed by atoms with Crippen molar-refractivity contribution in [2.45, 2.75) is 38.3 Å². The Balaban J connectivity index is 1.95. The van der Waals surface area contributed by atoms with Gasteiger partial charge in [-0.15, -0.1) is 11.8 Å². The van der Waals surface area contributed by atoms with Gasteiger partial charge in [0.15, 0.2) is 0 Å². The smallest absolute Gasteiger partial charge is 0.257 e. The Morgan fingerprint density at radius 2 is 1.89 bits per heavy atom. The lowest BCUT2D eigenvalue weighted by Crippen LogP contribution is -2.31. The Kier molecular flexibility index (Phi) is 5.71. The highest BCUT2D eigenvalue weighted by molar-refractivity contribution is 7.98. The van der Waals surface area contributed by atoms with Crippen LogP contribution in [0, 0.1) is 6.92 Å². The average Bonchev–Trinajstić information content (AvgIpc) is 2.68. The second kappa shape index (κ2) is 8.01. The minimum atomic E-state index is -0.341. The minimum Gasteiger partial charge on any atom is -0.347 e. The molecule has 3 rings (SSSR count). The molecule has 0 unspecified atom stereocenters. The maximum absolute atomic E-state index is 12.9. The number of hydrogen-bond donors (Lipinski definition) is 1. The molecule has 4 nitrogen and oxygen atoms in total. The number of rotatable bonds is 5. The summed E-state index contributed by atoms with van der Waals surface area (Å²) in [7, 11) is 0. The minimum absolute atomic E-state index is 0.183. The largest absolute Gasteiger partial charge is 0.347 e. The van der Waals surface area contributed by atoms with Crippen molar-refractivity contribution >= 4 is 28.6 Å². The van der Waals surface area contributed by atoms with E-state index in [1.54, 1.807) is 18.0 Å². The van der Waals surface area contributed by atoms with Crippen molar-refractivity contribution in [2.75, 3.05) is 6.26 Å². The number of pyridine rings is 1. The van der Waals surface area contributed by atoms with Gasteiger partial charge in [-0.3, -0.25) is 9.59 Å². The first-order chi connectivity index (χ1) is 12.9. The molecular formula is C22H24N2O2S. The third-order valence-corrected chi connectivity index (χ3v) is 5.53. The van der Waals surface area contributed by atoms with Gasteiger partial charge in [0.1, 0.15) is 5.56 Å². The Morgan fingerprint density at radius 1 is 1.19 bits per heavy atom. The van der Waals surface area contributed by atoms with Gasteiger partial charge in [0, 0.05) is 23.0 Å². The van der Waals surface area contributed by atoms with Crippen molar-refractivity contribution in [1.29, 1.82) is 0 Å². The highest BCUT2D eigenvalue weighted by Gasteiger charge is 2.17. The van der Waals surface area contributed by atoms with Gasteiger partial charge in [0.25, 0.3) is 5.91 Å². The van der Waals surface area contributed by atoms with Gasteiger partial charge in [-0.1, -0.05) is 23.8 Å². The molecule has 0 aliphatic heterocycles. The van der Waals surface area contributed by atoms with Crippen LogP contribution in [0.15, 0.2) is 58.4 Å². The summed E-state index contributed by atoms with van der Waals surface area (Å²) in [4.78, 5) is 26.9. The van der Waals surface area contributed by atoms with Crippen LogP contribution in [0.1, 0.15) is 41.4 Å². The van der Waals surface area contributed by atoms with Gasteiger partial charge in [-0.25, -0.2) is 0 Å². The quantitative estimate of drug-likeness (QED) is 0.661. The molecule has 0 saturated carbocycles. The van der Waals surface area contributed by atoms with Crippen LogP contribution in [-0.2, 0) is 6.54 Å². The lowest BCUT2D eigenvalue weighted by atomic mass is 10.1. The van der Waals surface area contributed by atoms with Crippen LogP contribution >= 0.6 is 11.8 Å². The van der Waals surface area contributed by atoms with E-state index in [0.717, 1.165) is 16.6 Å². The molecule has 0 spiro atoms. The molecule has 1 aromatic heterocycles. The zero-order valence-corrected chi connectivity index (χ0v) is 16.9. The Labute approximate surface area is 163 Å². The summed E-state index contributed by atoms with van der Waals surface area (Å²) in [6, 6.07) is 13.7. The molecule has 5 heteroatoms. The summed E-state index contributed by atoms with van der Waals surface area (Å²) < 4.78 is 1.95. The number of aromatic nitrogens is 1. The maximum Gasteiger partial charge on any atom is 0.257 e.